The number of carbonyl (C=O) groups excluding carboxylic acids is 1. The van der Waals surface area contributed by atoms with Gasteiger partial charge in [-0.05, 0) is 18.8 Å². The van der Waals surface area contributed by atoms with E-state index in [1.54, 1.807) is 0 Å². The first-order chi connectivity index (χ1) is 6.61. The Hall–Kier alpha value is -0.240. The largest absolute Gasteiger partial charge is 0.352 e. The lowest BCUT2D eigenvalue weighted by Gasteiger charge is -2.24. The Morgan fingerprint density at radius 3 is 2.36 bits per heavy atom. The van der Waals surface area contributed by atoms with Crippen LogP contribution in [0.15, 0.2) is 0 Å². The average molecular weight is 218 g/mol. The maximum atomic E-state index is 11.6. The zero-order chi connectivity index (χ0) is 10.6. The number of amides is 1. The van der Waals surface area contributed by atoms with Crippen LogP contribution in [0, 0.1) is 5.92 Å². The van der Waals surface area contributed by atoms with Gasteiger partial charge in [-0.1, -0.05) is 33.1 Å². The highest BCUT2D eigenvalue weighted by Crippen LogP contribution is 2.18. The summed E-state index contributed by atoms with van der Waals surface area (Å²) in [7, 11) is 0. The Balaban J connectivity index is 2.31. The van der Waals surface area contributed by atoms with Crippen LogP contribution in [0.3, 0.4) is 0 Å². The van der Waals surface area contributed by atoms with Crippen LogP contribution in [0.1, 0.15) is 46.0 Å². The molecule has 3 heteroatoms. The molecule has 0 radical (unpaired) electrons. The molecule has 0 bridgehead atoms. The van der Waals surface area contributed by atoms with E-state index in [1.807, 2.05) is 13.8 Å². The molecule has 0 spiro atoms. The van der Waals surface area contributed by atoms with E-state index >= 15 is 0 Å². The van der Waals surface area contributed by atoms with Crippen LogP contribution < -0.4 is 5.32 Å². The van der Waals surface area contributed by atoms with Crippen molar-refractivity contribution in [3.05, 3.63) is 0 Å². The molecule has 1 aliphatic carbocycles. The van der Waals surface area contributed by atoms with Gasteiger partial charge >= 0.3 is 0 Å². The van der Waals surface area contributed by atoms with Crippen molar-refractivity contribution in [1.29, 1.82) is 0 Å². The van der Waals surface area contributed by atoms with Crippen molar-refractivity contribution < 1.29 is 4.79 Å². The molecule has 1 N–H and O–H groups in total. The zero-order valence-electron chi connectivity index (χ0n) is 9.05. The molecule has 82 valence electrons. The Morgan fingerprint density at radius 2 is 1.86 bits per heavy atom. The minimum Gasteiger partial charge on any atom is -0.352 e. The number of alkyl halides is 1. The monoisotopic (exact) mass is 217 g/mol. The van der Waals surface area contributed by atoms with Crippen molar-refractivity contribution >= 4 is 17.5 Å². The number of hydrogen-bond acceptors (Lipinski definition) is 1. The highest BCUT2D eigenvalue weighted by molar-refractivity contribution is 6.30. The molecule has 1 atom stereocenters. The van der Waals surface area contributed by atoms with Crippen LogP contribution in [0.25, 0.3) is 0 Å². The third-order valence-corrected chi connectivity index (χ3v) is 3.49. The van der Waals surface area contributed by atoms with Crippen LogP contribution in [-0.4, -0.2) is 17.3 Å². The summed E-state index contributed by atoms with van der Waals surface area (Å²) in [6.07, 6.45) is 6.01. The van der Waals surface area contributed by atoms with Gasteiger partial charge in [0.25, 0.3) is 0 Å². The number of hydrogen-bond donors (Lipinski definition) is 1. The Morgan fingerprint density at radius 1 is 1.29 bits per heavy atom. The molecule has 0 saturated heterocycles. The summed E-state index contributed by atoms with van der Waals surface area (Å²) in [4.78, 5) is 11.6. The smallest absolute Gasteiger partial charge is 0.238 e. The fraction of sp³-hybridized carbons (Fsp3) is 0.909. The van der Waals surface area contributed by atoms with E-state index in [1.165, 1.54) is 19.3 Å². The van der Waals surface area contributed by atoms with Crippen LogP contribution in [0.5, 0.6) is 0 Å². The first kappa shape index (κ1) is 11.8. The van der Waals surface area contributed by atoms with Gasteiger partial charge in [-0.15, -0.1) is 11.6 Å². The summed E-state index contributed by atoms with van der Waals surface area (Å²) in [6, 6.07) is 0.372. The van der Waals surface area contributed by atoms with Gasteiger partial charge in [0, 0.05) is 6.04 Å². The first-order valence-corrected chi connectivity index (χ1v) is 5.99. The Kier molecular flexibility index (Phi) is 4.73. The van der Waals surface area contributed by atoms with E-state index in [2.05, 4.69) is 5.32 Å². The van der Waals surface area contributed by atoms with Crippen LogP contribution in [-0.2, 0) is 4.79 Å². The maximum Gasteiger partial charge on any atom is 0.238 e. The third-order valence-electron chi connectivity index (χ3n) is 2.79. The number of rotatable bonds is 3. The topological polar surface area (TPSA) is 29.1 Å². The van der Waals surface area contributed by atoms with Gasteiger partial charge in [-0.2, -0.15) is 0 Å². The second-order valence-corrected chi connectivity index (χ2v) is 4.96. The number of halogens is 1. The molecule has 1 saturated carbocycles. The predicted molar refractivity (Wildman–Crippen MR) is 59.5 cm³/mol. The summed E-state index contributed by atoms with van der Waals surface area (Å²) in [5.74, 6) is 0.217. The van der Waals surface area contributed by atoms with E-state index in [-0.39, 0.29) is 17.2 Å². The summed E-state index contributed by atoms with van der Waals surface area (Å²) in [5, 5.41) is 2.65. The minimum atomic E-state index is -0.378. The SMILES string of the molecule is CC(C)C(Cl)C(=O)NC1CCCCC1. The molecule has 14 heavy (non-hydrogen) atoms. The van der Waals surface area contributed by atoms with Crippen molar-refractivity contribution in [2.45, 2.75) is 57.4 Å². The van der Waals surface area contributed by atoms with Gasteiger partial charge in [0.05, 0.1) is 0 Å². The normalized spacial score (nSPS) is 20.9. The second-order valence-electron chi connectivity index (χ2n) is 4.49. The lowest BCUT2D eigenvalue weighted by atomic mass is 9.95. The first-order valence-electron chi connectivity index (χ1n) is 5.55. The predicted octanol–water partition coefficient (Wildman–Crippen LogP) is 2.70. The van der Waals surface area contributed by atoms with E-state index < -0.39 is 0 Å². The Bertz CT molecular complexity index is 188. The molecule has 0 aromatic heterocycles. The van der Waals surface area contributed by atoms with Crippen molar-refractivity contribution in [3.8, 4) is 0 Å². The highest BCUT2D eigenvalue weighted by Gasteiger charge is 2.22. The number of carbonyl (C=O) groups is 1. The van der Waals surface area contributed by atoms with Crippen LogP contribution >= 0.6 is 11.6 Å². The van der Waals surface area contributed by atoms with E-state index in [4.69, 9.17) is 11.6 Å². The maximum absolute atomic E-state index is 11.6. The molecule has 1 aliphatic rings. The summed E-state index contributed by atoms with van der Waals surface area (Å²) < 4.78 is 0. The summed E-state index contributed by atoms with van der Waals surface area (Å²) in [5.41, 5.74) is 0. The quantitative estimate of drug-likeness (QED) is 0.724. The molecule has 1 fully saturated rings. The van der Waals surface area contributed by atoms with Crippen molar-refractivity contribution in [2.24, 2.45) is 5.92 Å². The van der Waals surface area contributed by atoms with E-state index in [9.17, 15) is 4.79 Å². The van der Waals surface area contributed by atoms with E-state index in [0.717, 1.165) is 12.8 Å². The number of nitrogens with one attached hydrogen (secondary N) is 1. The second kappa shape index (κ2) is 5.59. The Labute approximate surface area is 91.4 Å². The van der Waals surface area contributed by atoms with Crippen molar-refractivity contribution in [2.75, 3.05) is 0 Å². The van der Waals surface area contributed by atoms with Gasteiger partial charge in [-0.3, -0.25) is 4.79 Å². The van der Waals surface area contributed by atoms with Crippen molar-refractivity contribution in [1.82, 2.24) is 5.32 Å². The summed E-state index contributed by atoms with van der Waals surface area (Å²) >= 11 is 5.97. The lowest BCUT2D eigenvalue weighted by Crippen LogP contribution is -2.42. The fourth-order valence-electron chi connectivity index (χ4n) is 1.83. The van der Waals surface area contributed by atoms with Crippen molar-refractivity contribution in [3.63, 3.8) is 0 Å². The highest BCUT2D eigenvalue weighted by atomic mass is 35.5. The molecule has 1 amide bonds. The van der Waals surface area contributed by atoms with Gasteiger partial charge in [0.15, 0.2) is 0 Å². The zero-order valence-corrected chi connectivity index (χ0v) is 9.81. The van der Waals surface area contributed by atoms with E-state index in [0.29, 0.717) is 6.04 Å². The average Bonchev–Trinajstić information content (AvgIpc) is 2.18. The molecular weight excluding hydrogens is 198 g/mol. The molecule has 0 aromatic carbocycles. The molecule has 1 rings (SSSR count). The van der Waals surface area contributed by atoms with Crippen LogP contribution in [0.4, 0.5) is 0 Å². The molecule has 2 nitrogen and oxygen atoms in total. The minimum absolute atomic E-state index is 0.00793. The van der Waals surface area contributed by atoms with Gasteiger partial charge < -0.3 is 5.32 Å². The molecule has 0 heterocycles. The van der Waals surface area contributed by atoms with Gasteiger partial charge in [0.2, 0.25) is 5.91 Å². The van der Waals surface area contributed by atoms with Gasteiger partial charge in [-0.25, -0.2) is 0 Å². The molecular formula is C11H20ClNO. The lowest BCUT2D eigenvalue weighted by molar-refractivity contribution is -0.122. The molecule has 1 unspecified atom stereocenters. The molecule has 0 aliphatic heterocycles. The molecule has 0 aromatic rings. The van der Waals surface area contributed by atoms with Crippen LogP contribution in [0.2, 0.25) is 0 Å². The standard InChI is InChI=1S/C11H20ClNO/c1-8(2)10(12)11(14)13-9-6-4-3-5-7-9/h8-10H,3-7H2,1-2H3,(H,13,14). The fourth-order valence-corrected chi connectivity index (χ4v) is 1.89. The third kappa shape index (κ3) is 3.49. The van der Waals surface area contributed by atoms with Gasteiger partial charge in [0.1, 0.15) is 5.38 Å². The summed E-state index contributed by atoms with van der Waals surface area (Å²) in [6.45, 7) is 3.94.